The number of aliphatic hydroxyl groups excluding tert-OH is 1. The highest BCUT2D eigenvalue weighted by atomic mass is 19.1. The topological polar surface area (TPSA) is 81.4 Å². The van der Waals surface area contributed by atoms with E-state index in [0.717, 1.165) is 16.9 Å². The van der Waals surface area contributed by atoms with Crippen molar-refractivity contribution in [2.45, 2.75) is 32.7 Å². The SMILES string of the molecule is CC(C)Oc1nc(-c2cccc(F)c2)n(-c2ccc(NCC(O)COCc3ccccc3)cc2)n1. The van der Waals surface area contributed by atoms with E-state index >= 15 is 0 Å². The van der Waals surface area contributed by atoms with Gasteiger partial charge < -0.3 is 19.9 Å². The second kappa shape index (κ2) is 11.6. The Bertz CT molecular complexity index is 1210. The molecule has 1 heterocycles. The molecule has 35 heavy (non-hydrogen) atoms. The van der Waals surface area contributed by atoms with Crippen molar-refractivity contribution < 1.29 is 19.0 Å². The maximum absolute atomic E-state index is 13.8. The highest BCUT2D eigenvalue weighted by Crippen LogP contribution is 2.25. The third-order valence-electron chi connectivity index (χ3n) is 5.09. The number of benzene rings is 3. The van der Waals surface area contributed by atoms with Gasteiger partial charge in [0.25, 0.3) is 0 Å². The summed E-state index contributed by atoms with van der Waals surface area (Å²) in [6.45, 7) is 4.82. The first kappa shape index (κ1) is 24.4. The van der Waals surface area contributed by atoms with Gasteiger partial charge in [-0.25, -0.2) is 9.07 Å². The number of hydrogen-bond acceptors (Lipinski definition) is 6. The van der Waals surface area contributed by atoms with Crippen molar-refractivity contribution in [2.24, 2.45) is 0 Å². The third kappa shape index (κ3) is 6.88. The van der Waals surface area contributed by atoms with Crippen LogP contribution in [0, 0.1) is 5.82 Å². The molecule has 0 aliphatic rings. The van der Waals surface area contributed by atoms with Crippen LogP contribution < -0.4 is 10.1 Å². The Kier molecular flexibility index (Phi) is 8.07. The van der Waals surface area contributed by atoms with E-state index in [9.17, 15) is 9.50 Å². The van der Waals surface area contributed by atoms with Gasteiger partial charge in [-0.05, 0) is 55.8 Å². The Morgan fingerprint density at radius 1 is 1.00 bits per heavy atom. The quantitative estimate of drug-likeness (QED) is 0.322. The van der Waals surface area contributed by atoms with Crippen LogP contribution in [-0.4, -0.2) is 45.2 Å². The molecule has 2 N–H and O–H groups in total. The summed E-state index contributed by atoms with van der Waals surface area (Å²) in [5.41, 5.74) is 3.24. The number of aliphatic hydroxyl groups is 1. The normalized spacial score (nSPS) is 12.0. The minimum absolute atomic E-state index is 0.0964. The van der Waals surface area contributed by atoms with Crippen molar-refractivity contribution in [1.29, 1.82) is 0 Å². The summed E-state index contributed by atoms with van der Waals surface area (Å²) >= 11 is 0. The van der Waals surface area contributed by atoms with E-state index in [0.29, 0.717) is 24.5 Å². The summed E-state index contributed by atoms with van der Waals surface area (Å²) in [5, 5.41) is 17.9. The van der Waals surface area contributed by atoms with Crippen molar-refractivity contribution in [2.75, 3.05) is 18.5 Å². The molecule has 4 rings (SSSR count). The van der Waals surface area contributed by atoms with Crippen molar-refractivity contribution in [3.63, 3.8) is 0 Å². The first-order chi connectivity index (χ1) is 17.0. The predicted octanol–water partition coefficient (Wildman–Crippen LogP) is 4.85. The van der Waals surface area contributed by atoms with Gasteiger partial charge in [0.15, 0.2) is 5.82 Å². The van der Waals surface area contributed by atoms with Crippen LogP contribution in [0.3, 0.4) is 0 Å². The highest BCUT2D eigenvalue weighted by Gasteiger charge is 2.16. The van der Waals surface area contributed by atoms with Crippen LogP contribution in [0.5, 0.6) is 6.01 Å². The third-order valence-corrected chi connectivity index (χ3v) is 5.09. The van der Waals surface area contributed by atoms with Gasteiger partial charge in [-0.15, -0.1) is 5.10 Å². The van der Waals surface area contributed by atoms with E-state index in [1.165, 1.54) is 12.1 Å². The number of hydrogen-bond donors (Lipinski definition) is 2. The van der Waals surface area contributed by atoms with Crippen molar-refractivity contribution >= 4 is 5.69 Å². The summed E-state index contributed by atoms with van der Waals surface area (Å²) in [6, 6.07) is 23.8. The van der Waals surface area contributed by atoms with Crippen LogP contribution in [0.1, 0.15) is 19.4 Å². The molecule has 3 aromatic carbocycles. The molecular formula is C27H29FN4O3. The molecule has 1 atom stereocenters. The minimum atomic E-state index is -0.649. The molecule has 0 bridgehead atoms. The number of ether oxygens (including phenoxy) is 2. The van der Waals surface area contributed by atoms with Crippen molar-refractivity contribution in [3.8, 4) is 23.1 Å². The first-order valence-electron chi connectivity index (χ1n) is 11.5. The van der Waals surface area contributed by atoms with Crippen molar-refractivity contribution in [1.82, 2.24) is 14.8 Å². The summed E-state index contributed by atoms with van der Waals surface area (Å²) in [7, 11) is 0. The average molecular weight is 477 g/mol. The van der Waals surface area contributed by atoms with Crippen LogP contribution in [0.4, 0.5) is 10.1 Å². The van der Waals surface area contributed by atoms with Gasteiger partial charge in [0.1, 0.15) is 5.82 Å². The Labute approximate surface area is 204 Å². The van der Waals surface area contributed by atoms with Gasteiger partial charge >= 0.3 is 6.01 Å². The molecule has 182 valence electrons. The fourth-order valence-electron chi connectivity index (χ4n) is 3.45. The first-order valence-corrected chi connectivity index (χ1v) is 11.5. The van der Waals surface area contributed by atoms with E-state index in [1.807, 2.05) is 68.4 Å². The van der Waals surface area contributed by atoms with Crippen LogP contribution in [-0.2, 0) is 11.3 Å². The zero-order valence-corrected chi connectivity index (χ0v) is 19.8. The fraction of sp³-hybridized carbons (Fsp3) is 0.259. The number of nitrogens with one attached hydrogen (secondary N) is 1. The molecule has 0 amide bonds. The Balaban J connectivity index is 1.40. The largest absolute Gasteiger partial charge is 0.460 e. The zero-order chi connectivity index (χ0) is 24.6. The lowest BCUT2D eigenvalue weighted by molar-refractivity contribution is 0.0348. The zero-order valence-electron chi connectivity index (χ0n) is 19.8. The lowest BCUT2D eigenvalue weighted by atomic mass is 10.2. The number of anilines is 1. The maximum Gasteiger partial charge on any atom is 0.336 e. The second-order valence-corrected chi connectivity index (χ2v) is 8.39. The molecule has 1 aromatic heterocycles. The molecule has 0 aliphatic heterocycles. The van der Waals surface area contributed by atoms with Crippen LogP contribution in [0.2, 0.25) is 0 Å². The summed E-state index contributed by atoms with van der Waals surface area (Å²) < 4.78 is 26.7. The smallest absolute Gasteiger partial charge is 0.336 e. The summed E-state index contributed by atoms with van der Waals surface area (Å²) in [4.78, 5) is 4.47. The molecule has 1 unspecified atom stereocenters. The molecule has 0 fully saturated rings. The van der Waals surface area contributed by atoms with Gasteiger partial charge in [-0.1, -0.05) is 42.5 Å². The molecule has 0 radical (unpaired) electrons. The van der Waals surface area contributed by atoms with E-state index in [4.69, 9.17) is 9.47 Å². The molecule has 0 saturated carbocycles. The molecule has 0 saturated heterocycles. The summed E-state index contributed by atoms with van der Waals surface area (Å²) in [6.07, 6.45) is -0.745. The molecule has 7 nitrogen and oxygen atoms in total. The maximum atomic E-state index is 13.8. The Hall–Kier alpha value is -3.75. The lowest BCUT2D eigenvalue weighted by Crippen LogP contribution is -2.24. The Morgan fingerprint density at radius 2 is 1.77 bits per heavy atom. The monoisotopic (exact) mass is 476 g/mol. The van der Waals surface area contributed by atoms with E-state index < -0.39 is 6.10 Å². The van der Waals surface area contributed by atoms with Crippen LogP contribution in [0.15, 0.2) is 78.9 Å². The van der Waals surface area contributed by atoms with Gasteiger partial charge in [-0.3, -0.25) is 0 Å². The van der Waals surface area contributed by atoms with Gasteiger partial charge in [0.05, 0.1) is 31.1 Å². The van der Waals surface area contributed by atoms with E-state index in [1.54, 1.807) is 16.8 Å². The number of aromatic nitrogens is 3. The van der Waals surface area contributed by atoms with Gasteiger partial charge in [-0.2, -0.15) is 4.98 Å². The standard InChI is InChI=1S/C27H29FN4O3/c1-19(2)35-27-30-26(21-9-6-10-22(28)15-21)32(31-27)24-13-11-23(12-14-24)29-16-25(33)18-34-17-20-7-4-3-5-8-20/h3-15,19,25,29,33H,16-18H2,1-2H3. The van der Waals surface area contributed by atoms with Gasteiger partial charge in [0.2, 0.25) is 0 Å². The molecule has 0 aliphatic carbocycles. The summed E-state index contributed by atoms with van der Waals surface area (Å²) in [5.74, 6) is 0.126. The molecule has 8 heteroatoms. The highest BCUT2D eigenvalue weighted by molar-refractivity contribution is 5.59. The molecular weight excluding hydrogens is 447 g/mol. The van der Waals surface area contributed by atoms with Crippen LogP contribution >= 0.6 is 0 Å². The second-order valence-electron chi connectivity index (χ2n) is 8.39. The lowest BCUT2D eigenvalue weighted by Gasteiger charge is -2.14. The Morgan fingerprint density at radius 3 is 2.49 bits per heavy atom. The minimum Gasteiger partial charge on any atom is -0.460 e. The average Bonchev–Trinajstić information content (AvgIpc) is 3.27. The predicted molar refractivity (Wildman–Crippen MR) is 133 cm³/mol. The van der Waals surface area contributed by atoms with Crippen molar-refractivity contribution in [3.05, 3.63) is 90.2 Å². The van der Waals surface area contributed by atoms with E-state index in [2.05, 4.69) is 15.4 Å². The van der Waals surface area contributed by atoms with Crippen LogP contribution in [0.25, 0.3) is 17.1 Å². The van der Waals surface area contributed by atoms with E-state index in [-0.39, 0.29) is 24.5 Å². The number of rotatable bonds is 11. The number of halogens is 1. The molecule has 0 spiro atoms. The number of nitrogens with zero attached hydrogens (tertiary/aromatic N) is 3. The fourth-order valence-corrected chi connectivity index (χ4v) is 3.45. The van der Waals surface area contributed by atoms with Gasteiger partial charge in [0, 0.05) is 17.8 Å². The molecule has 4 aromatic rings.